The summed E-state index contributed by atoms with van der Waals surface area (Å²) in [5.74, 6) is 0. The van der Waals surface area contributed by atoms with Crippen LogP contribution in [-0.2, 0) is 10.8 Å². The SMILES string of the molecule is C=CC.Cc1cc(C(=N)c2cc(NSc3ccccc3S(C)=O)ccc2N)sc1C. The molecule has 0 amide bonds. The van der Waals surface area contributed by atoms with Crippen LogP contribution in [-0.4, -0.2) is 16.2 Å². The van der Waals surface area contributed by atoms with Crippen LogP contribution in [0, 0.1) is 19.3 Å². The zero-order chi connectivity index (χ0) is 22.3. The van der Waals surface area contributed by atoms with Crippen molar-refractivity contribution in [3.05, 3.63) is 82.1 Å². The Morgan fingerprint density at radius 2 is 1.90 bits per heavy atom. The zero-order valence-electron chi connectivity index (χ0n) is 17.6. The van der Waals surface area contributed by atoms with Gasteiger partial charge in [0.25, 0.3) is 0 Å². The van der Waals surface area contributed by atoms with Crippen LogP contribution < -0.4 is 10.5 Å². The van der Waals surface area contributed by atoms with E-state index >= 15 is 0 Å². The largest absolute Gasteiger partial charge is 0.398 e. The van der Waals surface area contributed by atoms with Gasteiger partial charge in [-0.1, -0.05) is 18.2 Å². The number of nitrogens with two attached hydrogens (primary N) is 1. The summed E-state index contributed by atoms with van der Waals surface area (Å²) in [4.78, 5) is 3.83. The van der Waals surface area contributed by atoms with Crippen molar-refractivity contribution in [3.63, 3.8) is 0 Å². The maximum Gasteiger partial charge on any atom is 0.0805 e. The van der Waals surface area contributed by atoms with Gasteiger partial charge in [0.2, 0.25) is 0 Å². The molecule has 0 saturated heterocycles. The molecule has 158 valence electrons. The summed E-state index contributed by atoms with van der Waals surface area (Å²) < 4.78 is 15.2. The van der Waals surface area contributed by atoms with Gasteiger partial charge in [0.15, 0.2) is 0 Å². The van der Waals surface area contributed by atoms with Crippen LogP contribution in [0.3, 0.4) is 0 Å². The number of hydrogen-bond acceptors (Lipinski definition) is 6. The van der Waals surface area contributed by atoms with Crippen LogP contribution in [0.1, 0.15) is 27.8 Å². The van der Waals surface area contributed by atoms with Gasteiger partial charge in [-0.15, -0.1) is 17.9 Å². The van der Waals surface area contributed by atoms with Crippen molar-refractivity contribution in [1.29, 1.82) is 5.41 Å². The van der Waals surface area contributed by atoms with Gasteiger partial charge in [-0.25, -0.2) is 0 Å². The van der Waals surface area contributed by atoms with Gasteiger partial charge in [-0.2, -0.15) is 0 Å². The molecule has 1 aromatic heterocycles. The van der Waals surface area contributed by atoms with Crippen LogP contribution in [0.5, 0.6) is 0 Å². The second-order valence-electron chi connectivity index (χ2n) is 6.54. The van der Waals surface area contributed by atoms with E-state index in [1.165, 1.54) is 22.4 Å². The van der Waals surface area contributed by atoms with Gasteiger partial charge in [0, 0.05) is 33.0 Å². The lowest BCUT2D eigenvalue weighted by molar-refractivity contribution is 0.685. The van der Waals surface area contributed by atoms with Crippen molar-refractivity contribution in [2.45, 2.75) is 30.6 Å². The third-order valence-electron chi connectivity index (χ3n) is 4.17. The Hall–Kier alpha value is -2.35. The van der Waals surface area contributed by atoms with E-state index in [1.807, 2.05) is 55.5 Å². The molecule has 0 aliphatic carbocycles. The average Bonchev–Trinajstić information content (AvgIpc) is 3.06. The van der Waals surface area contributed by atoms with Crippen molar-refractivity contribution < 1.29 is 4.21 Å². The Kier molecular flexibility index (Phi) is 8.89. The summed E-state index contributed by atoms with van der Waals surface area (Å²) in [5.41, 5.74) is 9.87. The van der Waals surface area contributed by atoms with Crippen molar-refractivity contribution in [1.82, 2.24) is 0 Å². The first kappa shape index (κ1) is 23.9. The molecule has 1 unspecified atom stereocenters. The van der Waals surface area contributed by atoms with Gasteiger partial charge in [0.05, 0.1) is 26.3 Å². The fraction of sp³-hybridized carbons (Fsp3) is 0.174. The highest BCUT2D eigenvalue weighted by atomic mass is 32.2. The highest BCUT2D eigenvalue weighted by Gasteiger charge is 2.13. The van der Waals surface area contributed by atoms with Crippen LogP contribution >= 0.6 is 23.3 Å². The standard InChI is InChI=1S/C20H21N3OS3.C3H6/c1-12-10-18(25-13(12)2)20(22)15-11-14(8-9-16(15)21)23-26-17-6-4-5-7-19(17)27(3)24;1-3-2/h4-11,22-23H,21H2,1-3H3;3H,1H2,2H3. The minimum absolute atomic E-state index is 0.428. The van der Waals surface area contributed by atoms with Crippen molar-refractivity contribution >= 4 is 51.2 Å². The molecule has 7 heteroatoms. The fourth-order valence-electron chi connectivity index (χ4n) is 2.55. The van der Waals surface area contributed by atoms with E-state index in [-0.39, 0.29) is 0 Å². The van der Waals surface area contributed by atoms with Crippen molar-refractivity contribution in [2.75, 3.05) is 16.7 Å². The molecule has 0 aliphatic heterocycles. The number of benzene rings is 2. The maximum atomic E-state index is 11.9. The van der Waals surface area contributed by atoms with Crippen LogP contribution in [0.4, 0.5) is 11.4 Å². The fourth-order valence-corrected chi connectivity index (χ4v) is 5.32. The predicted molar refractivity (Wildman–Crippen MR) is 135 cm³/mol. The molecule has 0 aliphatic rings. The molecule has 0 spiro atoms. The minimum Gasteiger partial charge on any atom is -0.398 e. The summed E-state index contributed by atoms with van der Waals surface area (Å²) in [6.45, 7) is 9.36. The van der Waals surface area contributed by atoms with E-state index in [4.69, 9.17) is 11.1 Å². The summed E-state index contributed by atoms with van der Waals surface area (Å²) in [7, 11) is -1.05. The predicted octanol–water partition coefficient (Wildman–Crippen LogP) is 6.41. The number of rotatable bonds is 6. The van der Waals surface area contributed by atoms with E-state index in [0.29, 0.717) is 17.0 Å². The second-order valence-corrected chi connectivity index (χ2v) is 9.99. The number of thiophene rings is 1. The van der Waals surface area contributed by atoms with E-state index in [2.05, 4.69) is 25.1 Å². The molecule has 0 bridgehead atoms. The Bertz CT molecular complexity index is 1050. The first-order valence-corrected chi connectivity index (χ1v) is 12.5. The lowest BCUT2D eigenvalue weighted by Crippen LogP contribution is -2.04. The third-order valence-corrected chi connectivity index (χ3v) is 7.36. The average molecular weight is 458 g/mol. The molecule has 3 rings (SSSR count). The van der Waals surface area contributed by atoms with Gasteiger partial charge in [-0.05, 0) is 74.7 Å². The first-order chi connectivity index (χ1) is 14.3. The monoisotopic (exact) mass is 457 g/mol. The molecule has 0 saturated carbocycles. The van der Waals surface area contributed by atoms with Crippen LogP contribution in [0.15, 0.2) is 71.0 Å². The Balaban J connectivity index is 0.00000101. The first-order valence-electron chi connectivity index (χ1n) is 9.26. The lowest BCUT2D eigenvalue weighted by Gasteiger charge is -2.12. The van der Waals surface area contributed by atoms with Crippen LogP contribution in [0.25, 0.3) is 0 Å². The molecular formula is C23H27N3OS3. The van der Waals surface area contributed by atoms with Gasteiger partial charge < -0.3 is 10.5 Å². The van der Waals surface area contributed by atoms with Crippen LogP contribution in [0.2, 0.25) is 0 Å². The molecule has 30 heavy (non-hydrogen) atoms. The molecule has 4 nitrogen and oxygen atoms in total. The third kappa shape index (κ3) is 6.08. The van der Waals surface area contributed by atoms with Gasteiger partial charge in [-0.3, -0.25) is 9.62 Å². The van der Waals surface area contributed by atoms with E-state index in [1.54, 1.807) is 23.7 Å². The topological polar surface area (TPSA) is 79.0 Å². The molecule has 3 aromatic rings. The Labute approximate surface area is 189 Å². The number of nitrogens with one attached hydrogen (secondary N) is 2. The number of allylic oxidation sites excluding steroid dienone is 1. The summed E-state index contributed by atoms with van der Waals surface area (Å²) in [6, 6.07) is 15.2. The van der Waals surface area contributed by atoms with Crippen molar-refractivity contribution in [2.24, 2.45) is 0 Å². The molecule has 1 atom stereocenters. The molecule has 1 heterocycles. The molecular weight excluding hydrogens is 430 g/mol. The normalized spacial score (nSPS) is 11.2. The molecule has 0 fully saturated rings. The van der Waals surface area contributed by atoms with Gasteiger partial charge >= 0.3 is 0 Å². The highest BCUT2D eigenvalue weighted by molar-refractivity contribution is 8.01. The smallest absolute Gasteiger partial charge is 0.0805 e. The molecule has 4 N–H and O–H groups in total. The van der Waals surface area contributed by atoms with Crippen molar-refractivity contribution in [3.8, 4) is 0 Å². The number of nitrogen functional groups attached to an aromatic ring is 1. The summed E-state index contributed by atoms with van der Waals surface area (Å²) in [6.07, 6.45) is 3.42. The Morgan fingerprint density at radius 3 is 2.50 bits per heavy atom. The summed E-state index contributed by atoms with van der Waals surface area (Å²) in [5, 5.41) is 8.56. The van der Waals surface area contributed by atoms with E-state index in [0.717, 1.165) is 20.4 Å². The summed E-state index contributed by atoms with van der Waals surface area (Å²) >= 11 is 3.01. The zero-order valence-corrected chi connectivity index (χ0v) is 20.1. The quantitative estimate of drug-likeness (QED) is 0.173. The number of hydrogen-bond donors (Lipinski definition) is 3. The lowest BCUT2D eigenvalue weighted by atomic mass is 10.1. The number of anilines is 2. The number of aryl methyl sites for hydroxylation is 2. The Morgan fingerprint density at radius 1 is 1.23 bits per heavy atom. The molecule has 0 radical (unpaired) electrons. The maximum absolute atomic E-state index is 11.9. The highest BCUT2D eigenvalue weighted by Crippen LogP contribution is 2.30. The van der Waals surface area contributed by atoms with E-state index < -0.39 is 10.8 Å². The second kappa shape index (κ2) is 11.2. The molecule has 2 aromatic carbocycles. The minimum atomic E-state index is -1.05. The van der Waals surface area contributed by atoms with E-state index in [9.17, 15) is 4.21 Å². The van der Waals surface area contributed by atoms with Gasteiger partial charge in [0.1, 0.15) is 0 Å².